The molecule has 0 saturated carbocycles. The van der Waals surface area contributed by atoms with Crippen LogP contribution in [0.25, 0.3) is 0 Å². The van der Waals surface area contributed by atoms with Crippen LogP contribution in [0.15, 0.2) is 18.2 Å². The number of amides is 1. The van der Waals surface area contributed by atoms with Crippen LogP contribution in [0.4, 0.5) is 0 Å². The van der Waals surface area contributed by atoms with E-state index < -0.39 is 5.97 Å². The number of hydrogen-bond donors (Lipinski definition) is 1. The Bertz CT molecular complexity index is 623. The van der Waals surface area contributed by atoms with Crippen molar-refractivity contribution in [3.05, 3.63) is 34.9 Å². The third-order valence-corrected chi connectivity index (χ3v) is 4.44. The number of carbonyl (C=O) groups excluding carboxylic acids is 2. The zero-order valence-electron chi connectivity index (χ0n) is 13.7. The van der Waals surface area contributed by atoms with Gasteiger partial charge in [0.2, 0.25) is 0 Å². The van der Waals surface area contributed by atoms with Gasteiger partial charge in [0.05, 0.1) is 0 Å². The highest BCUT2D eigenvalue weighted by molar-refractivity contribution is 6.00. The number of carbonyl (C=O) groups is 3. The van der Waals surface area contributed by atoms with Crippen molar-refractivity contribution in [1.29, 1.82) is 0 Å². The predicted octanol–water partition coefficient (Wildman–Crippen LogP) is 3.06. The van der Waals surface area contributed by atoms with Crippen LogP contribution in [0.3, 0.4) is 0 Å². The second kappa shape index (κ2) is 7.40. The minimum absolute atomic E-state index is 0.0329. The van der Waals surface area contributed by atoms with E-state index in [-0.39, 0.29) is 24.2 Å². The lowest BCUT2D eigenvalue weighted by molar-refractivity contribution is -0.137. The van der Waals surface area contributed by atoms with Gasteiger partial charge in [0.15, 0.2) is 5.78 Å². The van der Waals surface area contributed by atoms with E-state index >= 15 is 0 Å². The number of carboxylic acid groups (broad SMARTS) is 1. The van der Waals surface area contributed by atoms with Crippen LogP contribution in [0.1, 0.15) is 65.3 Å². The molecular formula is C18H23NO4. The maximum Gasteiger partial charge on any atom is 0.303 e. The van der Waals surface area contributed by atoms with E-state index in [1.165, 1.54) is 6.92 Å². The molecule has 1 amide bonds. The van der Waals surface area contributed by atoms with Gasteiger partial charge < -0.3 is 10.0 Å². The molecule has 0 radical (unpaired) electrons. The summed E-state index contributed by atoms with van der Waals surface area (Å²) in [7, 11) is 0. The molecule has 1 unspecified atom stereocenters. The third kappa shape index (κ3) is 4.18. The topological polar surface area (TPSA) is 74.7 Å². The summed E-state index contributed by atoms with van der Waals surface area (Å²) in [5.74, 6) is -1.00. The molecule has 23 heavy (non-hydrogen) atoms. The molecule has 0 aliphatic carbocycles. The SMILES string of the molecule is CC(=O)c1cc(C(=O)N2CCCCC2CCC(=O)O)ccc1C. The Hall–Kier alpha value is -2.17. The first-order chi connectivity index (χ1) is 10.9. The van der Waals surface area contributed by atoms with Crippen LogP contribution in [0.5, 0.6) is 0 Å². The fourth-order valence-electron chi connectivity index (χ4n) is 3.16. The fraction of sp³-hybridized carbons (Fsp3) is 0.500. The molecule has 1 aromatic carbocycles. The predicted molar refractivity (Wildman–Crippen MR) is 86.7 cm³/mol. The van der Waals surface area contributed by atoms with E-state index in [0.717, 1.165) is 24.8 Å². The van der Waals surface area contributed by atoms with Crippen LogP contribution in [0.2, 0.25) is 0 Å². The fourth-order valence-corrected chi connectivity index (χ4v) is 3.16. The Labute approximate surface area is 136 Å². The molecule has 1 fully saturated rings. The average molecular weight is 317 g/mol. The summed E-state index contributed by atoms with van der Waals surface area (Å²) in [6, 6.07) is 5.16. The molecule has 0 spiro atoms. The summed E-state index contributed by atoms with van der Waals surface area (Å²) >= 11 is 0. The molecule has 5 nitrogen and oxygen atoms in total. The number of rotatable bonds is 5. The number of ketones is 1. The highest BCUT2D eigenvalue weighted by Crippen LogP contribution is 2.24. The lowest BCUT2D eigenvalue weighted by Gasteiger charge is -2.36. The van der Waals surface area contributed by atoms with Gasteiger partial charge in [-0.15, -0.1) is 0 Å². The quantitative estimate of drug-likeness (QED) is 0.847. The van der Waals surface area contributed by atoms with Gasteiger partial charge in [0.1, 0.15) is 0 Å². The molecule has 1 N–H and O–H groups in total. The number of Topliss-reactive ketones (excluding diaryl/α,β-unsaturated/α-hetero) is 1. The van der Waals surface area contributed by atoms with Crippen molar-refractivity contribution in [2.75, 3.05) is 6.54 Å². The lowest BCUT2D eigenvalue weighted by atomic mass is 9.95. The van der Waals surface area contributed by atoms with E-state index in [9.17, 15) is 14.4 Å². The van der Waals surface area contributed by atoms with Gasteiger partial charge in [0, 0.05) is 30.1 Å². The van der Waals surface area contributed by atoms with Crippen LogP contribution >= 0.6 is 0 Å². The first kappa shape index (κ1) is 17.2. The van der Waals surface area contributed by atoms with Crippen LogP contribution in [-0.2, 0) is 4.79 Å². The Morgan fingerprint density at radius 3 is 2.65 bits per heavy atom. The van der Waals surface area contributed by atoms with Crippen LogP contribution < -0.4 is 0 Å². The monoisotopic (exact) mass is 317 g/mol. The molecule has 2 rings (SSSR count). The summed E-state index contributed by atoms with van der Waals surface area (Å²) in [4.78, 5) is 37.1. The number of likely N-dealkylation sites (tertiary alicyclic amines) is 1. The minimum atomic E-state index is -0.836. The van der Waals surface area contributed by atoms with Crippen molar-refractivity contribution in [1.82, 2.24) is 4.90 Å². The van der Waals surface area contributed by atoms with Gasteiger partial charge in [-0.2, -0.15) is 0 Å². The van der Waals surface area contributed by atoms with Crippen molar-refractivity contribution in [2.24, 2.45) is 0 Å². The molecule has 0 bridgehead atoms. The summed E-state index contributed by atoms with van der Waals surface area (Å²) in [5.41, 5.74) is 1.92. The second-order valence-corrected chi connectivity index (χ2v) is 6.17. The minimum Gasteiger partial charge on any atom is -0.481 e. The Morgan fingerprint density at radius 2 is 2.00 bits per heavy atom. The van der Waals surface area contributed by atoms with Gasteiger partial charge in [-0.05, 0) is 57.2 Å². The number of piperidine rings is 1. The first-order valence-corrected chi connectivity index (χ1v) is 8.04. The molecule has 1 heterocycles. The Morgan fingerprint density at radius 1 is 1.26 bits per heavy atom. The van der Waals surface area contributed by atoms with Crippen LogP contribution in [0, 0.1) is 6.92 Å². The summed E-state index contributed by atoms with van der Waals surface area (Å²) in [6.07, 6.45) is 3.33. The maximum absolute atomic E-state index is 12.8. The van der Waals surface area contributed by atoms with E-state index in [1.54, 1.807) is 23.1 Å². The first-order valence-electron chi connectivity index (χ1n) is 8.04. The Kier molecular flexibility index (Phi) is 5.53. The van der Waals surface area contributed by atoms with Gasteiger partial charge >= 0.3 is 5.97 Å². The Balaban J connectivity index is 2.21. The van der Waals surface area contributed by atoms with Crippen LogP contribution in [-0.4, -0.2) is 40.3 Å². The van der Waals surface area contributed by atoms with E-state index in [0.29, 0.717) is 24.1 Å². The molecule has 1 aromatic rings. The maximum atomic E-state index is 12.8. The largest absolute Gasteiger partial charge is 0.481 e. The van der Waals surface area contributed by atoms with Gasteiger partial charge in [-0.25, -0.2) is 0 Å². The third-order valence-electron chi connectivity index (χ3n) is 4.44. The molecule has 0 aromatic heterocycles. The average Bonchev–Trinajstić information content (AvgIpc) is 2.52. The number of hydrogen-bond acceptors (Lipinski definition) is 3. The van der Waals surface area contributed by atoms with Crippen molar-refractivity contribution < 1.29 is 19.5 Å². The number of aliphatic carboxylic acids is 1. The van der Waals surface area contributed by atoms with E-state index in [1.807, 2.05) is 6.92 Å². The van der Waals surface area contributed by atoms with Gasteiger partial charge in [0.25, 0.3) is 5.91 Å². The number of aryl methyl sites for hydroxylation is 1. The summed E-state index contributed by atoms with van der Waals surface area (Å²) in [5, 5.41) is 8.87. The molecule has 1 aliphatic rings. The number of nitrogens with zero attached hydrogens (tertiary/aromatic N) is 1. The zero-order valence-corrected chi connectivity index (χ0v) is 13.7. The molecular weight excluding hydrogens is 294 g/mol. The normalized spacial score (nSPS) is 17.8. The van der Waals surface area contributed by atoms with E-state index in [2.05, 4.69) is 0 Å². The van der Waals surface area contributed by atoms with E-state index in [4.69, 9.17) is 5.11 Å². The summed E-state index contributed by atoms with van der Waals surface area (Å²) < 4.78 is 0. The summed E-state index contributed by atoms with van der Waals surface area (Å²) in [6.45, 7) is 3.99. The highest BCUT2D eigenvalue weighted by Gasteiger charge is 2.28. The lowest BCUT2D eigenvalue weighted by Crippen LogP contribution is -2.44. The number of carboxylic acids is 1. The number of benzene rings is 1. The van der Waals surface area contributed by atoms with Gasteiger partial charge in [-0.3, -0.25) is 14.4 Å². The second-order valence-electron chi connectivity index (χ2n) is 6.17. The van der Waals surface area contributed by atoms with Crippen molar-refractivity contribution in [3.63, 3.8) is 0 Å². The van der Waals surface area contributed by atoms with Gasteiger partial charge in [-0.1, -0.05) is 6.07 Å². The molecule has 1 atom stereocenters. The smallest absolute Gasteiger partial charge is 0.303 e. The molecule has 124 valence electrons. The van der Waals surface area contributed by atoms with Crippen molar-refractivity contribution in [2.45, 2.75) is 52.0 Å². The van der Waals surface area contributed by atoms with Crippen molar-refractivity contribution in [3.8, 4) is 0 Å². The van der Waals surface area contributed by atoms with Crippen molar-refractivity contribution >= 4 is 17.7 Å². The zero-order chi connectivity index (χ0) is 17.0. The molecule has 1 saturated heterocycles. The highest BCUT2D eigenvalue weighted by atomic mass is 16.4. The molecule has 5 heteroatoms. The molecule has 1 aliphatic heterocycles. The standard InChI is InChI=1S/C18H23NO4/c1-12-6-7-14(11-16(12)13(2)20)18(23)19-10-4-3-5-15(19)8-9-17(21)22/h6-7,11,15H,3-5,8-10H2,1-2H3,(H,21,22).